The number of anilines is 3. The van der Waals surface area contributed by atoms with E-state index in [2.05, 4.69) is 157 Å². The highest BCUT2D eigenvalue weighted by Gasteiger charge is 2.36. The molecule has 0 unspecified atom stereocenters. The molecular weight excluding hydrogens is 529 g/mol. The van der Waals surface area contributed by atoms with Crippen LogP contribution < -0.4 is 4.90 Å². The van der Waals surface area contributed by atoms with Crippen LogP contribution in [0.3, 0.4) is 0 Å². The molecule has 2 aromatic heterocycles. The molecule has 2 nitrogen and oxygen atoms in total. The summed E-state index contributed by atoms with van der Waals surface area (Å²) in [5.74, 6) is 0. The Bertz CT molecular complexity index is 2280. The second kappa shape index (κ2) is 8.58. The molecule has 0 fully saturated rings. The molecule has 0 spiro atoms. The van der Waals surface area contributed by atoms with Crippen LogP contribution in [0.1, 0.15) is 25.0 Å². The molecule has 42 heavy (non-hydrogen) atoms. The van der Waals surface area contributed by atoms with Crippen LogP contribution in [-0.4, -0.2) is 4.57 Å². The third-order valence-corrected chi connectivity index (χ3v) is 10.3. The van der Waals surface area contributed by atoms with Crippen molar-refractivity contribution >= 4 is 70.4 Å². The zero-order valence-electron chi connectivity index (χ0n) is 23.5. The van der Waals surface area contributed by atoms with Gasteiger partial charge in [-0.1, -0.05) is 92.7 Å². The number of aromatic nitrogens is 1. The summed E-state index contributed by atoms with van der Waals surface area (Å²) in [4.78, 5) is 2.35. The molecule has 1 aliphatic rings. The first kappa shape index (κ1) is 23.8. The van der Waals surface area contributed by atoms with Crippen LogP contribution in [-0.2, 0) is 5.41 Å². The first-order chi connectivity index (χ1) is 20.6. The average molecular weight is 557 g/mol. The maximum atomic E-state index is 2.52. The number of para-hydroxylation sites is 4. The van der Waals surface area contributed by atoms with Crippen LogP contribution in [0.4, 0.5) is 17.1 Å². The van der Waals surface area contributed by atoms with Gasteiger partial charge in [0.2, 0.25) is 0 Å². The van der Waals surface area contributed by atoms with Crippen LogP contribution in [0.5, 0.6) is 0 Å². The number of hydrogen-bond donors (Lipinski definition) is 0. The van der Waals surface area contributed by atoms with Crippen molar-refractivity contribution in [2.45, 2.75) is 19.3 Å². The van der Waals surface area contributed by atoms with E-state index in [1.165, 1.54) is 64.5 Å². The summed E-state index contributed by atoms with van der Waals surface area (Å²) in [6, 6.07) is 48.7. The van der Waals surface area contributed by atoms with Crippen molar-refractivity contribution in [3.8, 4) is 5.69 Å². The molecule has 0 radical (unpaired) electrons. The lowest BCUT2D eigenvalue weighted by molar-refractivity contribution is 0.631. The molecule has 0 saturated carbocycles. The zero-order valence-corrected chi connectivity index (χ0v) is 24.3. The summed E-state index contributed by atoms with van der Waals surface area (Å²) in [6.07, 6.45) is 0. The number of nitrogens with zero attached hydrogens (tertiary/aromatic N) is 2. The molecule has 3 heteroatoms. The van der Waals surface area contributed by atoms with Crippen molar-refractivity contribution < 1.29 is 0 Å². The molecule has 0 N–H and O–H groups in total. The molecule has 3 heterocycles. The summed E-state index contributed by atoms with van der Waals surface area (Å²) in [5.41, 5.74) is 10.1. The van der Waals surface area contributed by atoms with Gasteiger partial charge in [-0.05, 0) is 65.7 Å². The van der Waals surface area contributed by atoms with Crippen molar-refractivity contribution in [2.75, 3.05) is 4.90 Å². The lowest BCUT2D eigenvalue weighted by Crippen LogP contribution is -2.26. The van der Waals surface area contributed by atoms with E-state index in [1.807, 2.05) is 11.3 Å². The van der Waals surface area contributed by atoms with E-state index in [0.717, 1.165) is 11.4 Å². The highest BCUT2D eigenvalue weighted by atomic mass is 32.1. The predicted octanol–water partition coefficient (Wildman–Crippen LogP) is 11.3. The molecule has 0 atom stereocenters. The van der Waals surface area contributed by atoms with Crippen LogP contribution in [0.15, 0.2) is 133 Å². The third-order valence-electron chi connectivity index (χ3n) is 9.14. The number of fused-ring (bicyclic) bond motifs is 9. The zero-order chi connectivity index (χ0) is 28.0. The molecule has 0 bridgehead atoms. The van der Waals surface area contributed by atoms with E-state index >= 15 is 0 Å². The normalized spacial score (nSPS) is 13.7. The number of benzene rings is 6. The van der Waals surface area contributed by atoms with Gasteiger partial charge in [0.25, 0.3) is 0 Å². The molecule has 0 aliphatic carbocycles. The molecule has 6 aromatic carbocycles. The molecular formula is C39H28N2S. The Balaban J connectivity index is 1.37. The van der Waals surface area contributed by atoms with Gasteiger partial charge < -0.3 is 9.47 Å². The summed E-state index contributed by atoms with van der Waals surface area (Å²) < 4.78 is 5.20. The Labute approximate surface area is 248 Å². The van der Waals surface area contributed by atoms with Gasteiger partial charge in [-0.3, -0.25) is 0 Å². The van der Waals surface area contributed by atoms with E-state index in [1.54, 1.807) is 0 Å². The molecule has 8 aromatic rings. The van der Waals surface area contributed by atoms with Crippen LogP contribution >= 0.6 is 11.3 Å². The largest absolute Gasteiger partial charge is 0.310 e. The maximum absolute atomic E-state index is 2.52. The Morgan fingerprint density at radius 2 is 1.24 bits per heavy atom. The summed E-state index contributed by atoms with van der Waals surface area (Å²) in [6.45, 7) is 4.77. The molecule has 0 amide bonds. The van der Waals surface area contributed by atoms with Gasteiger partial charge >= 0.3 is 0 Å². The van der Waals surface area contributed by atoms with Crippen molar-refractivity contribution in [3.05, 3.63) is 145 Å². The first-order valence-electron chi connectivity index (χ1n) is 14.5. The van der Waals surface area contributed by atoms with E-state index in [0.29, 0.717) is 0 Å². The van der Waals surface area contributed by atoms with E-state index in [-0.39, 0.29) is 5.41 Å². The average Bonchev–Trinajstić information content (AvgIpc) is 3.57. The standard InChI is InChI=1S/C39H28N2S/c1-39(2)31-18-10-12-20-34(31)41-33-19-11-9-17-29(33)36-37(41)32(39)24-30-28-22-21-27(23-35(28)42-38(30)36)40(25-13-5-3-6-14-25)26-15-7-4-8-16-26/h3-24H,1-2H3. The lowest BCUT2D eigenvalue weighted by Gasteiger charge is -2.34. The van der Waals surface area contributed by atoms with Gasteiger partial charge in [0.15, 0.2) is 0 Å². The fraction of sp³-hybridized carbons (Fsp3) is 0.0769. The third kappa shape index (κ3) is 3.14. The summed E-state index contributed by atoms with van der Waals surface area (Å²) in [7, 11) is 0. The summed E-state index contributed by atoms with van der Waals surface area (Å²) >= 11 is 1.93. The highest BCUT2D eigenvalue weighted by Crippen LogP contribution is 2.52. The molecule has 200 valence electrons. The summed E-state index contributed by atoms with van der Waals surface area (Å²) in [5, 5.41) is 5.38. The van der Waals surface area contributed by atoms with E-state index in [9.17, 15) is 0 Å². The number of hydrogen-bond acceptors (Lipinski definition) is 2. The highest BCUT2D eigenvalue weighted by molar-refractivity contribution is 7.26. The number of rotatable bonds is 3. The van der Waals surface area contributed by atoms with Crippen LogP contribution in [0.2, 0.25) is 0 Å². The number of thiophene rings is 1. The van der Waals surface area contributed by atoms with E-state index < -0.39 is 0 Å². The Morgan fingerprint density at radius 1 is 0.571 bits per heavy atom. The minimum atomic E-state index is -0.112. The van der Waals surface area contributed by atoms with Gasteiger partial charge in [0, 0.05) is 53.4 Å². The van der Waals surface area contributed by atoms with Crippen molar-refractivity contribution in [3.63, 3.8) is 0 Å². The van der Waals surface area contributed by atoms with Crippen LogP contribution in [0.25, 0.3) is 47.7 Å². The van der Waals surface area contributed by atoms with Crippen molar-refractivity contribution in [1.82, 2.24) is 4.57 Å². The first-order valence-corrected chi connectivity index (χ1v) is 15.4. The SMILES string of the molecule is CC1(C)c2ccccc2-n2c3ccccc3c3c4sc5cc(N(c6ccccc6)c6ccccc6)ccc5c4cc1c32. The lowest BCUT2D eigenvalue weighted by atomic mass is 9.74. The maximum Gasteiger partial charge on any atom is 0.0596 e. The minimum absolute atomic E-state index is 0.112. The quantitative estimate of drug-likeness (QED) is 0.210. The van der Waals surface area contributed by atoms with Crippen molar-refractivity contribution in [1.29, 1.82) is 0 Å². The Kier molecular flexibility index (Phi) is 4.86. The Hall–Kier alpha value is -4.86. The molecule has 0 saturated heterocycles. The van der Waals surface area contributed by atoms with Gasteiger partial charge in [0.1, 0.15) is 0 Å². The Morgan fingerprint density at radius 3 is 2.00 bits per heavy atom. The van der Waals surface area contributed by atoms with E-state index in [4.69, 9.17) is 0 Å². The topological polar surface area (TPSA) is 8.17 Å². The minimum Gasteiger partial charge on any atom is -0.310 e. The van der Waals surface area contributed by atoms with Crippen LogP contribution in [0, 0.1) is 0 Å². The second-order valence-corrected chi connectivity index (χ2v) is 12.9. The van der Waals surface area contributed by atoms with Gasteiger partial charge in [0.05, 0.1) is 16.7 Å². The fourth-order valence-corrected chi connectivity index (χ4v) is 8.46. The predicted molar refractivity (Wildman–Crippen MR) is 180 cm³/mol. The molecule has 9 rings (SSSR count). The van der Waals surface area contributed by atoms with Gasteiger partial charge in [-0.25, -0.2) is 0 Å². The van der Waals surface area contributed by atoms with Gasteiger partial charge in [-0.15, -0.1) is 11.3 Å². The molecule has 1 aliphatic heterocycles. The van der Waals surface area contributed by atoms with Crippen molar-refractivity contribution in [2.24, 2.45) is 0 Å². The fourth-order valence-electron chi connectivity index (χ4n) is 7.18. The smallest absolute Gasteiger partial charge is 0.0596 e. The second-order valence-electron chi connectivity index (χ2n) is 11.8. The van der Waals surface area contributed by atoms with Gasteiger partial charge in [-0.2, -0.15) is 0 Å². The monoisotopic (exact) mass is 556 g/mol.